The summed E-state index contributed by atoms with van der Waals surface area (Å²) in [7, 11) is 1.42. The van der Waals surface area contributed by atoms with Gasteiger partial charge in [-0.1, -0.05) is 0 Å². The van der Waals surface area contributed by atoms with Crippen LogP contribution in [0.4, 0.5) is 9.18 Å². The topological polar surface area (TPSA) is 71.9 Å². The van der Waals surface area contributed by atoms with Gasteiger partial charge in [0.1, 0.15) is 6.54 Å². The molecule has 1 fully saturated rings. The molecule has 0 aliphatic heterocycles. The van der Waals surface area contributed by atoms with Crippen LogP contribution in [0.25, 0.3) is 0 Å². The number of benzene rings is 1. The van der Waals surface area contributed by atoms with Crippen molar-refractivity contribution >= 4 is 11.9 Å². The van der Waals surface area contributed by atoms with Gasteiger partial charge in [0.25, 0.3) is 5.91 Å². The zero-order chi connectivity index (χ0) is 16.8. The van der Waals surface area contributed by atoms with Gasteiger partial charge in [-0.2, -0.15) is 0 Å². The Bertz CT molecular complexity index is 576. The highest BCUT2D eigenvalue weighted by Gasteiger charge is 2.24. The highest BCUT2D eigenvalue weighted by molar-refractivity contribution is 5.94. The van der Waals surface area contributed by atoms with Crippen molar-refractivity contribution in [3.8, 4) is 5.75 Å². The summed E-state index contributed by atoms with van der Waals surface area (Å²) in [6, 6.07) is 4.52. The molecule has 23 heavy (non-hydrogen) atoms. The fraction of sp³-hybridized carbons (Fsp3) is 0.500. The molecule has 1 aliphatic carbocycles. The van der Waals surface area contributed by atoms with Gasteiger partial charge in [-0.05, 0) is 38.0 Å². The van der Waals surface area contributed by atoms with Gasteiger partial charge in [-0.15, -0.1) is 0 Å². The van der Waals surface area contributed by atoms with Gasteiger partial charge in [-0.25, -0.2) is 9.18 Å². The Hall–Kier alpha value is -2.15. The largest absolute Gasteiger partial charge is 0.494 e. The van der Waals surface area contributed by atoms with E-state index in [0.717, 1.165) is 23.3 Å². The van der Waals surface area contributed by atoms with Crippen molar-refractivity contribution < 1.29 is 23.6 Å². The zero-order valence-corrected chi connectivity index (χ0v) is 13.4. The number of rotatable bonds is 7. The molecule has 0 heterocycles. The van der Waals surface area contributed by atoms with Crippen molar-refractivity contribution in [1.29, 1.82) is 0 Å². The minimum atomic E-state index is -0.441. The van der Waals surface area contributed by atoms with E-state index in [1.807, 2.05) is 6.92 Å². The third-order valence-corrected chi connectivity index (χ3v) is 3.75. The number of ether oxygens (including phenoxy) is 1. The fourth-order valence-corrected chi connectivity index (χ4v) is 2.27. The van der Waals surface area contributed by atoms with E-state index in [-0.39, 0.29) is 24.2 Å². The molecule has 1 aromatic rings. The Kier molecular flexibility index (Phi) is 5.92. The summed E-state index contributed by atoms with van der Waals surface area (Å²) >= 11 is 0. The van der Waals surface area contributed by atoms with Gasteiger partial charge < -0.3 is 15.0 Å². The molecular formula is C16H23FN3O3+. The lowest BCUT2D eigenvalue weighted by molar-refractivity contribution is -0.904. The van der Waals surface area contributed by atoms with E-state index < -0.39 is 11.8 Å². The maximum Gasteiger partial charge on any atom is 0.321 e. The molecule has 126 valence electrons. The molecular weight excluding hydrogens is 301 g/mol. The number of methoxy groups -OCH3 is 1. The van der Waals surface area contributed by atoms with Crippen LogP contribution in [0, 0.1) is 5.82 Å². The molecule has 0 aromatic heterocycles. The van der Waals surface area contributed by atoms with Crippen LogP contribution in [-0.2, 0) is 11.3 Å². The Balaban J connectivity index is 1.85. The van der Waals surface area contributed by atoms with Gasteiger partial charge in [0, 0.05) is 11.6 Å². The number of nitrogens with one attached hydrogen (secondary N) is 3. The Labute approximate surface area is 135 Å². The quantitative estimate of drug-likeness (QED) is 0.672. The molecule has 0 saturated heterocycles. The van der Waals surface area contributed by atoms with Gasteiger partial charge >= 0.3 is 6.03 Å². The lowest BCUT2D eigenvalue weighted by atomic mass is 10.2. The second-order valence-corrected chi connectivity index (χ2v) is 5.72. The number of halogens is 1. The summed E-state index contributed by atoms with van der Waals surface area (Å²) in [5, 5.41) is 5.03. The Morgan fingerprint density at radius 2 is 2.13 bits per heavy atom. The van der Waals surface area contributed by atoms with E-state index in [1.165, 1.54) is 13.2 Å². The zero-order valence-electron chi connectivity index (χ0n) is 13.4. The maximum atomic E-state index is 13.7. The van der Waals surface area contributed by atoms with Gasteiger partial charge in [0.05, 0.1) is 13.7 Å². The van der Waals surface area contributed by atoms with Gasteiger partial charge in [0.2, 0.25) is 0 Å². The van der Waals surface area contributed by atoms with E-state index in [9.17, 15) is 14.0 Å². The minimum Gasteiger partial charge on any atom is -0.494 e. The molecule has 0 radical (unpaired) electrons. The summed E-state index contributed by atoms with van der Waals surface area (Å²) < 4.78 is 18.6. The molecule has 1 saturated carbocycles. The molecule has 1 atom stereocenters. The molecule has 0 bridgehead atoms. The summed E-state index contributed by atoms with van der Waals surface area (Å²) in [5.74, 6) is -0.566. The number of amides is 3. The number of likely N-dealkylation sites (N-methyl/N-ethyl adjacent to an activating group) is 1. The highest BCUT2D eigenvalue weighted by Crippen LogP contribution is 2.18. The average Bonchev–Trinajstić information content (AvgIpc) is 3.30. The van der Waals surface area contributed by atoms with Crippen molar-refractivity contribution in [2.45, 2.75) is 32.4 Å². The number of carbonyl (C=O) groups excluding carboxylic acids is 2. The SMILES string of the molecule is CC[NH+](CC(=O)NC(=O)NC1CC1)Cc1ccc(OC)c(F)c1. The van der Waals surface area contributed by atoms with E-state index in [0.29, 0.717) is 13.1 Å². The molecule has 3 N–H and O–H groups in total. The third-order valence-electron chi connectivity index (χ3n) is 3.75. The van der Waals surface area contributed by atoms with Crippen molar-refractivity contribution in [2.75, 3.05) is 20.2 Å². The number of urea groups is 1. The monoisotopic (exact) mass is 324 g/mol. The van der Waals surface area contributed by atoms with Crippen molar-refractivity contribution in [3.05, 3.63) is 29.6 Å². The lowest BCUT2D eigenvalue weighted by Gasteiger charge is -2.17. The predicted molar refractivity (Wildman–Crippen MR) is 82.7 cm³/mol. The molecule has 2 rings (SSSR count). The van der Waals surface area contributed by atoms with E-state index in [4.69, 9.17) is 4.74 Å². The number of hydrogen-bond donors (Lipinski definition) is 3. The normalized spacial score (nSPS) is 14.9. The highest BCUT2D eigenvalue weighted by atomic mass is 19.1. The van der Waals surface area contributed by atoms with E-state index in [2.05, 4.69) is 10.6 Å². The van der Waals surface area contributed by atoms with Crippen molar-refractivity contribution in [2.24, 2.45) is 0 Å². The second kappa shape index (κ2) is 7.92. The molecule has 7 heteroatoms. The number of hydrogen-bond acceptors (Lipinski definition) is 3. The van der Waals surface area contributed by atoms with Gasteiger partial charge in [0.15, 0.2) is 18.1 Å². The van der Waals surface area contributed by atoms with Gasteiger partial charge in [-0.3, -0.25) is 10.1 Å². The van der Waals surface area contributed by atoms with Crippen LogP contribution >= 0.6 is 0 Å². The summed E-state index contributed by atoms with van der Waals surface area (Å²) in [5.41, 5.74) is 0.774. The van der Waals surface area contributed by atoms with Crippen LogP contribution in [0.2, 0.25) is 0 Å². The molecule has 0 spiro atoms. The molecule has 6 nitrogen and oxygen atoms in total. The average molecular weight is 324 g/mol. The van der Waals surface area contributed by atoms with Crippen molar-refractivity contribution in [3.63, 3.8) is 0 Å². The third kappa shape index (κ3) is 5.52. The number of carbonyl (C=O) groups is 2. The van der Waals surface area contributed by atoms with Crippen LogP contribution in [0.15, 0.2) is 18.2 Å². The first-order valence-electron chi connectivity index (χ1n) is 7.78. The van der Waals surface area contributed by atoms with Crippen LogP contribution in [0.1, 0.15) is 25.3 Å². The first-order chi connectivity index (χ1) is 11.0. The number of imide groups is 1. The van der Waals surface area contributed by atoms with E-state index >= 15 is 0 Å². The first kappa shape index (κ1) is 17.2. The molecule has 1 aromatic carbocycles. The molecule has 3 amide bonds. The Morgan fingerprint density at radius 1 is 1.39 bits per heavy atom. The lowest BCUT2D eigenvalue weighted by Crippen LogP contribution is -3.11. The summed E-state index contributed by atoms with van der Waals surface area (Å²) in [4.78, 5) is 24.4. The smallest absolute Gasteiger partial charge is 0.321 e. The standard InChI is InChI=1S/C16H22FN3O3/c1-3-20(9-11-4-7-14(23-2)13(17)8-11)10-15(21)19-16(22)18-12-5-6-12/h4,7-8,12H,3,5-6,9-10H2,1-2H3,(H2,18,19,21,22)/p+1. The molecule has 1 unspecified atom stereocenters. The number of quaternary nitrogens is 1. The van der Waals surface area contributed by atoms with Crippen LogP contribution in [-0.4, -0.2) is 38.2 Å². The Morgan fingerprint density at radius 3 is 2.70 bits per heavy atom. The fourth-order valence-electron chi connectivity index (χ4n) is 2.27. The first-order valence-corrected chi connectivity index (χ1v) is 7.78. The summed E-state index contributed by atoms with van der Waals surface area (Å²) in [6.45, 7) is 3.27. The second-order valence-electron chi connectivity index (χ2n) is 5.72. The summed E-state index contributed by atoms with van der Waals surface area (Å²) in [6.07, 6.45) is 1.94. The van der Waals surface area contributed by atoms with Crippen molar-refractivity contribution in [1.82, 2.24) is 10.6 Å². The maximum absolute atomic E-state index is 13.7. The molecule has 1 aliphatic rings. The van der Waals surface area contributed by atoms with Crippen LogP contribution in [0.5, 0.6) is 5.75 Å². The predicted octanol–water partition coefficient (Wildman–Crippen LogP) is 0.227. The van der Waals surface area contributed by atoms with Crippen LogP contribution in [0.3, 0.4) is 0 Å². The van der Waals surface area contributed by atoms with E-state index in [1.54, 1.807) is 12.1 Å². The minimum absolute atomic E-state index is 0.155. The van der Waals surface area contributed by atoms with Crippen LogP contribution < -0.4 is 20.3 Å².